The molecule has 0 aromatic rings. The summed E-state index contributed by atoms with van der Waals surface area (Å²) in [5.74, 6) is -0.890. The predicted molar refractivity (Wildman–Crippen MR) is 261 cm³/mol. The van der Waals surface area contributed by atoms with Gasteiger partial charge in [0, 0.05) is 19.3 Å². The van der Waals surface area contributed by atoms with Crippen molar-refractivity contribution in [3.63, 3.8) is 0 Å². The van der Waals surface area contributed by atoms with Crippen molar-refractivity contribution in [2.24, 2.45) is 0 Å². The molecule has 1 atom stereocenters. The van der Waals surface area contributed by atoms with Crippen LogP contribution in [-0.2, 0) is 28.6 Å². The highest BCUT2D eigenvalue weighted by Crippen LogP contribution is 2.16. The highest BCUT2D eigenvalue weighted by atomic mass is 16.6. The minimum Gasteiger partial charge on any atom is -0.462 e. The summed E-state index contributed by atoms with van der Waals surface area (Å²) in [6, 6.07) is 0. The fourth-order valence-corrected chi connectivity index (χ4v) is 7.43. The predicted octanol–water partition coefficient (Wildman–Crippen LogP) is 17.1. The van der Waals surface area contributed by atoms with Gasteiger partial charge in [-0.2, -0.15) is 0 Å². The number of allylic oxidation sites excluding steroid dienone is 8. The summed E-state index contributed by atoms with van der Waals surface area (Å²) in [6.45, 7) is 6.48. The van der Waals surface area contributed by atoms with Crippen molar-refractivity contribution >= 4 is 17.9 Å². The number of unbranched alkanes of at least 4 members (excludes halogenated alkanes) is 28. The monoisotopic (exact) mass is 855 g/mol. The molecular weight excluding hydrogens is 757 g/mol. The van der Waals surface area contributed by atoms with Gasteiger partial charge in [-0.1, -0.05) is 236 Å². The van der Waals surface area contributed by atoms with Crippen LogP contribution in [0.25, 0.3) is 0 Å². The smallest absolute Gasteiger partial charge is 0.306 e. The average Bonchev–Trinajstić information content (AvgIpc) is 3.26. The van der Waals surface area contributed by atoms with Crippen molar-refractivity contribution in [3.05, 3.63) is 48.6 Å². The molecule has 354 valence electrons. The van der Waals surface area contributed by atoms with E-state index in [-0.39, 0.29) is 31.1 Å². The van der Waals surface area contributed by atoms with E-state index >= 15 is 0 Å². The fraction of sp³-hybridized carbons (Fsp3) is 0.800. The summed E-state index contributed by atoms with van der Waals surface area (Å²) in [5.41, 5.74) is 0. The molecule has 0 aliphatic heterocycles. The Hall–Kier alpha value is -2.63. The van der Waals surface area contributed by atoms with E-state index in [0.717, 1.165) is 89.9 Å². The van der Waals surface area contributed by atoms with Crippen molar-refractivity contribution in [1.29, 1.82) is 0 Å². The summed E-state index contributed by atoms with van der Waals surface area (Å²) in [7, 11) is 0. The maximum absolute atomic E-state index is 12.8. The van der Waals surface area contributed by atoms with Crippen molar-refractivity contribution in [2.45, 2.75) is 271 Å². The van der Waals surface area contributed by atoms with Crippen LogP contribution in [0.1, 0.15) is 265 Å². The Balaban J connectivity index is 4.20. The minimum absolute atomic E-state index is 0.0757. The molecule has 6 nitrogen and oxygen atoms in total. The molecule has 0 fully saturated rings. The first-order chi connectivity index (χ1) is 30.0. The van der Waals surface area contributed by atoms with Gasteiger partial charge in [-0.3, -0.25) is 14.4 Å². The maximum atomic E-state index is 12.8. The lowest BCUT2D eigenvalue weighted by atomic mass is 10.0. The van der Waals surface area contributed by atoms with Crippen LogP contribution in [-0.4, -0.2) is 37.2 Å². The second kappa shape index (κ2) is 50.0. The van der Waals surface area contributed by atoms with Crippen molar-refractivity contribution < 1.29 is 28.6 Å². The van der Waals surface area contributed by atoms with E-state index < -0.39 is 6.10 Å². The van der Waals surface area contributed by atoms with Crippen molar-refractivity contribution in [1.82, 2.24) is 0 Å². The standard InChI is InChI=1S/C55H98O6/c1-4-7-10-13-16-18-20-22-24-26-28-30-31-33-35-37-39-42-45-48-54(57)60-51-52(50-59-53(56)47-44-41-15-12-9-6-3)61-55(58)49-46-43-40-38-36-34-32-29-27-25-23-21-19-17-14-11-8-5-2/h7,10,16,18,22,24,28,30,52H,4-6,8-9,11-15,17,19-21,23,25-27,29,31-51H2,1-3H3/b10-7-,18-16-,24-22-,30-28-. The van der Waals surface area contributed by atoms with Gasteiger partial charge in [0.15, 0.2) is 6.10 Å². The Labute approximate surface area is 378 Å². The number of carbonyl (C=O) groups is 3. The first kappa shape index (κ1) is 58.4. The molecule has 0 aromatic heterocycles. The second-order valence-corrected chi connectivity index (χ2v) is 17.4. The highest BCUT2D eigenvalue weighted by molar-refractivity contribution is 5.71. The highest BCUT2D eigenvalue weighted by Gasteiger charge is 2.19. The molecule has 0 rings (SSSR count). The SMILES string of the molecule is CC/C=C\C/C=C\C/C=C\C/C=C\CCCCCCCCC(=O)OCC(COC(=O)CCCCCCCC)OC(=O)CCCCCCCCCCCCCCCCCCCC. The first-order valence-electron chi connectivity index (χ1n) is 26.1. The van der Waals surface area contributed by atoms with Crippen LogP contribution in [0.4, 0.5) is 0 Å². The Morgan fingerprint density at radius 1 is 0.344 bits per heavy atom. The van der Waals surface area contributed by atoms with Gasteiger partial charge in [0.1, 0.15) is 13.2 Å². The summed E-state index contributed by atoms with van der Waals surface area (Å²) < 4.78 is 16.7. The third-order valence-corrected chi connectivity index (χ3v) is 11.3. The molecule has 0 N–H and O–H groups in total. The molecular formula is C55H98O6. The number of rotatable bonds is 47. The van der Waals surface area contributed by atoms with Crippen molar-refractivity contribution in [3.8, 4) is 0 Å². The maximum Gasteiger partial charge on any atom is 0.306 e. The molecule has 1 unspecified atom stereocenters. The Morgan fingerprint density at radius 3 is 1.00 bits per heavy atom. The summed E-state index contributed by atoms with van der Waals surface area (Å²) in [4.78, 5) is 37.8. The van der Waals surface area contributed by atoms with Gasteiger partial charge in [0.2, 0.25) is 0 Å². The van der Waals surface area contributed by atoms with Crippen LogP contribution in [0.3, 0.4) is 0 Å². The summed E-state index contributed by atoms with van der Waals surface area (Å²) in [6.07, 6.45) is 59.8. The van der Waals surface area contributed by atoms with Gasteiger partial charge in [-0.25, -0.2) is 0 Å². The number of ether oxygens (including phenoxy) is 3. The van der Waals surface area contributed by atoms with E-state index in [0.29, 0.717) is 19.3 Å². The van der Waals surface area contributed by atoms with Crippen molar-refractivity contribution in [2.75, 3.05) is 13.2 Å². The van der Waals surface area contributed by atoms with Gasteiger partial charge in [0.25, 0.3) is 0 Å². The molecule has 0 spiro atoms. The number of carbonyl (C=O) groups excluding carboxylic acids is 3. The molecule has 0 bridgehead atoms. The lowest BCUT2D eigenvalue weighted by Crippen LogP contribution is -2.30. The Kier molecular flexibility index (Phi) is 47.9. The van der Waals surface area contributed by atoms with E-state index in [1.807, 2.05) is 0 Å². The summed E-state index contributed by atoms with van der Waals surface area (Å²) in [5, 5.41) is 0. The van der Waals surface area contributed by atoms with E-state index in [1.165, 1.54) is 135 Å². The molecule has 0 radical (unpaired) electrons. The molecule has 0 heterocycles. The van der Waals surface area contributed by atoms with Gasteiger partial charge < -0.3 is 14.2 Å². The molecule has 0 saturated carbocycles. The quantitative estimate of drug-likeness (QED) is 0.0263. The summed E-state index contributed by atoms with van der Waals surface area (Å²) >= 11 is 0. The fourth-order valence-electron chi connectivity index (χ4n) is 7.43. The zero-order chi connectivity index (χ0) is 44.4. The number of hydrogen-bond donors (Lipinski definition) is 0. The van der Waals surface area contributed by atoms with Crippen LogP contribution in [0.15, 0.2) is 48.6 Å². The number of hydrogen-bond acceptors (Lipinski definition) is 6. The lowest BCUT2D eigenvalue weighted by Gasteiger charge is -2.18. The van der Waals surface area contributed by atoms with Crippen LogP contribution in [0, 0.1) is 0 Å². The molecule has 0 aliphatic carbocycles. The van der Waals surface area contributed by atoms with E-state index in [9.17, 15) is 14.4 Å². The molecule has 0 aromatic carbocycles. The molecule has 0 amide bonds. The third-order valence-electron chi connectivity index (χ3n) is 11.3. The topological polar surface area (TPSA) is 78.9 Å². The average molecular weight is 855 g/mol. The largest absolute Gasteiger partial charge is 0.462 e. The van der Waals surface area contributed by atoms with Crippen LogP contribution < -0.4 is 0 Å². The normalized spacial score (nSPS) is 12.4. The zero-order valence-electron chi connectivity index (χ0n) is 40.4. The zero-order valence-corrected chi connectivity index (χ0v) is 40.4. The van der Waals surface area contributed by atoms with E-state index in [4.69, 9.17) is 14.2 Å². The molecule has 0 saturated heterocycles. The third kappa shape index (κ3) is 48.3. The first-order valence-corrected chi connectivity index (χ1v) is 26.1. The van der Waals surface area contributed by atoms with E-state index in [2.05, 4.69) is 69.4 Å². The molecule has 61 heavy (non-hydrogen) atoms. The Morgan fingerprint density at radius 2 is 0.639 bits per heavy atom. The van der Waals surface area contributed by atoms with Gasteiger partial charge in [-0.15, -0.1) is 0 Å². The number of esters is 3. The van der Waals surface area contributed by atoms with Crippen LogP contribution in [0.5, 0.6) is 0 Å². The molecule has 6 heteroatoms. The van der Waals surface area contributed by atoms with Gasteiger partial charge >= 0.3 is 17.9 Å². The lowest BCUT2D eigenvalue weighted by molar-refractivity contribution is -0.167. The molecule has 0 aliphatic rings. The van der Waals surface area contributed by atoms with E-state index in [1.54, 1.807) is 0 Å². The van der Waals surface area contributed by atoms with Gasteiger partial charge in [0.05, 0.1) is 0 Å². The Bertz CT molecular complexity index is 1070. The second-order valence-electron chi connectivity index (χ2n) is 17.4. The minimum atomic E-state index is -0.773. The van der Waals surface area contributed by atoms with Crippen LogP contribution >= 0.6 is 0 Å². The van der Waals surface area contributed by atoms with Crippen LogP contribution in [0.2, 0.25) is 0 Å². The van der Waals surface area contributed by atoms with Gasteiger partial charge in [-0.05, 0) is 57.8 Å².